The van der Waals surface area contributed by atoms with Gasteiger partial charge in [-0.15, -0.1) is 0 Å². The molecule has 0 fully saturated rings. The molecule has 18 heavy (non-hydrogen) atoms. The van der Waals surface area contributed by atoms with Gasteiger partial charge in [-0.3, -0.25) is 10.1 Å². The van der Waals surface area contributed by atoms with Crippen LogP contribution in [0.15, 0.2) is 42.5 Å². The quantitative estimate of drug-likeness (QED) is 0.612. The lowest BCUT2D eigenvalue weighted by Gasteiger charge is -2.07. The van der Waals surface area contributed by atoms with Gasteiger partial charge >= 0.3 is 5.69 Å². The number of benzene rings is 2. The molecule has 0 aliphatic rings. The van der Waals surface area contributed by atoms with Crippen LogP contribution >= 0.6 is 0 Å². The summed E-state index contributed by atoms with van der Waals surface area (Å²) in [6.07, 6.45) is 0. The summed E-state index contributed by atoms with van der Waals surface area (Å²) in [7, 11) is 1.38. The highest BCUT2D eigenvalue weighted by molar-refractivity contribution is 5.51. The van der Waals surface area contributed by atoms with Crippen LogP contribution in [0.5, 0.6) is 17.2 Å². The van der Waals surface area contributed by atoms with E-state index in [-0.39, 0.29) is 11.4 Å². The van der Waals surface area contributed by atoms with Crippen molar-refractivity contribution in [3.63, 3.8) is 0 Å². The fourth-order valence-corrected chi connectivity index (χ4v) is 1.45. The maximum atomic E-state index is 10.7. The predicted molar refractivity (Wildman–Crippen MR) is 65.0 cm³/mol. The van der Waals surface area contributed by atoms with Gasteiger partial charge < -0.3 is 9.47 Å². The average Bonchev–Trinajstić information content (AvgIpc) is 2.39. The van der Waals surface area contributed by atoms with E-state index in [0.717, 1.165) is 0 Å². The van der Waals surface area contributed by atoms with E-state index < -0.39 is 4.92 Å². The second-order valence-electron chi connectivity index (χ2n) is 3.43. The summed E-state index contributed by atoms with van der Waals surface area (Å²) in [6.45, 7) is 0. The maximum absolute atomic E-state index is 10.7. The van der Waals surface area contributed by atoms with Crippen molar-refractivity contribution in [1.82, 2.24) is 0 Å². The van der Waals surface area contributed by atoms with Crippen molar-refractivity contribution in [2.45, 2.75) is 0 Å². The maximum Gasteiger partial charge on any atom is 0.311 e. The van der Waals surface area contributed by atoms with Gasteiger partial charge in [0.2, 0.25) is 5.75 Å². The topological polar surface area (TPSA) is 61.6 Å². The predicted octanol–water partition coefficient (Wildman–Crippen LogP) is 3.20. The van der Waals surface area contributed by atoms with Crippen molar-refractivity contribution in [2.24, 2.45) is 0 Å². The van der Waals surface area contributed by atoms with Crippen molar-refractivity contribution in [3.8, 4) is 17.2 Å². The van der Waals surface area contributed by atoms with Gasteiger partial charge in [0.25, 0.3) is 0 Å². The molecule has 0 amide bonds. The van der Waals surface area contributed by atoms with Crippen LogP contribution in [0.2, 0.25) is 0 Å². The highest BCUT2D eigenvalue weighted by Crippen LogP contribution is 2.32. The van der Waals surface area contributed by atoms with Crippen LogP contribution in [0.1, 0.15) is 0 Å². The molecule has 5 heteroatoms. The monoisotopic (exact) mass is 244 g/mol. The molecule has 1 radical (unpaired) electrons. The van der Waals surface area contributed by atoms with Gasteiger partial charge in [0.05, 0.1) is 12.0 Å². The van der Waals surface area contributed by atoms with Gasteiger partial charge in [0, 0.05) is 12.1 Å². The van der Waals surface area contributed by atoms with Crippen LogP contribution in [0.4, 0.5) is 5.69 Å². The molecule has 5 nitrogen and oxygen atoms in total. The molecule has 0 N–H and O–H groups in total. The average molecular weight is 244 g/mol. The number of rotatable bonds is 4. The first-order valence-electron chi connectivity index (χ1n) is 5.17. The lowest BCUT2D eigenvalue weighted by atomic mass is 10.2. The summed E-state index contributed by atoms with van der Waals surface area (Å²) in [4.78, 5) is 10.2. The molecule has 2 aromatic rings. The van der Waals surface area contributed by atoms with E-state index in [2.05, 4.69) is 6.07 Å². The number of nitro benzene ring substituents is 1. The molecular weight excluding hydrogens is 234 g/mol. The zero-order valence-electron chi connectivity index (χ0n) is 9.62. The first-order chi connectivity index (χ1) is 8.70. The standard InChI is InChI=1S/C13H10NO4/c1-17-13-9-11(7-8-12(13)14(15)16)18-10-5-3-2-4-6-10/h3-9H,1H3. The molecule has 0 spiro atoms. The Morgan fingerprint density at radius 2 is 1.89 bits per heavy atom. The molecule has 0 unspecified atom stereocenters. The fraction of sp³-hybridized carbons (Fsp3) is 0.0769. The number of nitrogens with zero attached hydrogens (tertiary/aromatic N) is 1. The molecular formula is C13H10NO4. The Morgan fingerprint density at radius 1 is 1.17 bits per heavy atom. The minimum absolute atomic E-state index is 0.0914. The Hall–Kier alpha value is -2.56. The summed E-state index contributed by atoms with van der Waals surface area (Å²) in [5.41, 5.74) is -0.0914. The lowest BCUT2D eigenvalue weighted by Crippen LogP contribution is -1.94. The molecule has 0 aromatic heterocycles. The summed E-state index contributed by atoms with van der Waals surface area (Å²) >= 11 is 0. The SMILES string of the molecule is COc1cc(Oc2cc[c]cc2)ccc1[N+](=O)[O-]. The fourth-order valence-electron chi connectivity index (χ4n) is 1.45. The number of ether oxygens (including phenoxy) is 2. The van der Waals surface area contributed by atoms with Gasteiger partial charge in [-0.05, 0) is 24.3 Å². The second-order valence-corrected chi connectivity index (χ2v) is 3.43. The zero-order valence-corrected chi connectivity index (χ0v) is 9.62. The van der Waals surface area contributed by atoms with Gasteiger partial charge in [0.15, 0.2) is 0 Å². The van der Waals surface area contributed by atoms with Crippen LogP contribution in [0.3, 0.4) is 0 Å². The highest BCUT2D eigenvalue weighted by Gasteiger charge is 2.15. The Labute approximate surface area is 104 Å². The van der Waals surface area contributed by atoms with E-state index in [0.29, 0.717) is 11.5 Å². The molecule has 0 atom stereocenters. The third-order valence-corrected chi connectivity index (χ3v) is 2.27. The van der Waals surface area contributed by atoms with Crippen LogP contribution in [-0.2, 0) is 0 Å². The Morgan fingerprint density at radius 3 is 2.50 bits per heavy atom. The number of nitro groups is 1. The highest BCUT2D eigenvalue weighted by atomic mass is 16.6. The van der Waals surface area contributed by atoms with Gasteiger partial charge in [0.1, 0.15) is 11.5 Å². The largest absolute Gasteiger partial charge is 0.490 e. The molecule has 2 rings (SSSR count). The van der Waals surface area contributed by atoms with Crippen LogP contribution in [-0.4, -0.2) is 12.0 Å². The molecule has 0 bridgehead atoms. The van der Waals surface area contributed by atoms with Crippen LogP contribution < -0.4 is 9.47 Å². The molecule has 0 heterocycles. The van der Waals surface area contributed by atoms with E-state index in [1.807, 2.05) is 0 Å². The van der Waals surface area contributed by atoms with Gasteiger partial charge in [-0.2, -0.15) is 0 Å². The van der Waals surface area contributed by atoms with Crippen molar-refractivity contribution < 1.29 is 14.4 Å². The molecule has 0 aliphatic carbocycles. The summed E-state index contributed by atoms with van der Waals surface area (Å²) in [6, 6.07) is 14.2. The van der Waals surface area contributed by atoms with Crippen molar-refractivity contribution in [3.05, 3.63) is 58.6 Å². The van der Waals surface area contributed by atoms with E-state index in [9.17, 15) is 10.1 Å². The van der Waals surface area contributed by atoms with Crippen molar-refractivity contribution in [2.75, 3.05) is 7.11 Å². The van der Waals surface area contributed by atoms with Crippen molar-refractivity contribution in [1.29, 1.82) is 0 Å². The molecule has 0 saturated carbocycles. The summed E-state index contributed by atoms with van der Waals surface area (Å²) in [5.74, 6) is 1.27. The number of hydrogen-bond donors (Lipinski definition) is 0. The lowest BCUT2D eigenvalue weighted by molar-refractivity contribution is -0.385. The summed E-state index contributed by atoms with van der Waals surface area (Å²) in [5, 5.41) is 10.7. The smallest absolute Gasteiger partial charge is 0.311 e. The van der Waals surface area contributed by atoms with E-state index in [1.54, 1.807) is 24.3 Å². The zero-order chi connectivity index (χ0) is 13.0. The number of hydrogen-bond acceptors (Lipinski definition) is 4. The van der Waals surface area contributed by atoms with Gasteiger partial charge in [-0.1, -0.05) is 12.1 Å². The minimum atomic E-state index is -0.500. The molecule has 2 aromatic carbocycles. The normalized spacial score (nSPS) is 9.83. The molecule has 0 aliphatic heterocycles. The van der Waals surface area contributed by atoms with Crippen LogP contribution in [0.25, 0.3) is 0 Å². The first-order valence-corrected chi connectivity index (χ1v) is 5.17. The minimum Gasteiger partial charge on any atom is -0.490 e. The van der Waals surface area contributed by atoms with E-state index in [4.69, 9.17) is 9.47 Å². The second kappa shape index (κ2) is 5.18. The Bertz CT molecular complexity index is 554. The third kappa shape index (κ3) is 2.57. The third-order valence-electron chi connectivity index (χ3n) is 2.27. The van der Waals surface area contributed by atoms with E-state index in [1.165, 1.54) is 25.3 Å². The Balaban J connectivity index is 2.28. The number of methoxy groups -OCH3 is 1. The summed E-state index contributed by atoms with van der Waals surface area (Å²) < 4.78 is 10.5. The van der Waals surface area contributed by atoms with E-state index >= 15 is 0 Å². The van der Waals surface area contributed by atoms with Crippen molar-refractivity contribution >= 4 is 5.69 Å². The Kier molecular flexibility index (Phi) is 3.43. The first kappa shape index (κ1) is 11.9. The van der Waals surface area contributed by atoms with Gasteiger partial charge in [-0.25, -0.2) is 0 Å². The molecule has 91 valence electrons. The van der Waals surface area contributed by atoms with Crippen LogP contribution in [0, 0.1) is 16.2 Å². The molecule has 0 saturated heterocycles.